The third-order valence-corrected chi connectivity index (χ3v) is 4.49. The van der Waals surface area contributed by atoms with Crippen LogP contribution in [0, 0.1) is 0 Å². The molecule has 1 atom stereocenters. The Morgan fingerprint density at radius 2 is 1.63 bits per heavy atom. The van der Waals surface area contributed by atoms with Crippen molar-refractivity contribution in [3.63, 3.8) is 0 Å². The van der Waals surface area contributed by atoms with E-state index in [4.69, 9.17) is 14.2 Å². The number of carbonyl (C=O) groups excluding carboxylic acids is 1. The zero-order chi connectivity index (χ0) is 19.8. The zero-order valence-corrected chi connectivity index (χ0v) is 16.6. The molecule has 0 radical (unpaired) electrons. The average Bonchev–Trinajstić information content (AvgIpc) is 2.69. The number of amides is 1. The number of ether oxygens (including phenoxy) is 3. The molecule has 1 amide bonds. The number of hydrogen-bond acceptors (Lipinski definition) is 5. The van der Waals surface area contributed by atoms with Crippen molar-refractivity contribution in [2.24, 2.45) is 0 Å². The van der Waals surface area contributed by atoms with E-state index in [1.807, 2.05) is 32.3 Å². The molecule has 0 aliphatic heterocycles. The summed E-state index contributed by atoms with van der Waals surface area (Å²) in [6.07, 6.45) is 0.844. The number of nitrogens with one attached hydrogen (secondary N) is 1. The molecule has 0 aliphatic rings. The molecule has 0 fully saturated rings. The van der Waals surface area contributed by atoms with Gasteiger partial charge < -0.3 is 24.4 Å². The maximum absolute atomic E-state index is 12.8. The standard InChI is InChI=1S/C21H28N2O4/c1-23(2)16(13-15-9-7-6-8-10-15)14-22-21(24)17-11-12-18(25-3)20(27-5)19(17)26-4/h6-12,16H,13-14H2,1-5H3,(H,22,24). The lowest BCUT2D eigenvalue weighted by molar-refractivity contribution is 0.0938. The van der Waals surface area contributed by atoms with E-state index >= 15 is 0 Å². The number of hydrogen-bond donors (Lipinski definition) is 1. The van der Waals surface area contributed by atoms with Crippen molar-refractivity contribution in [3.8, 4) is 17.2 Å². The van der Waals surface area contributed by atoms with Crippen LogP contribution in [0.2, 0.25) is 0 Å². The van der Waals surface area contributed by atoms with Crippen molar-refractivity contribution < 1.29 is 19.0 Å². The normalized spacial score (nSPS) is 11.8. The Kier molecular flexibility index (Phi) is 7.49. The Morgan fingerprint density at radius 3 is 2.19 bits per heavy atom. The molecule has 1 N–H and O–H groups in total. The Bertz CT molecular complexity index is 747. The van der Waals surface area contributed by atoms with Gasteiger partial charge in [0.1, 0.15) is 0 Å². The Hall–Kier alpha value is -2.73. The van der Waals surface area contributed by atoms with Crippen molar-refractivity contribution in [2.45, 2.75) is 12.5 Å². The SMILES string of the molecule is COc1ccc(C(=O)NCC(Cc2ccccc2)N(C)C)c(OC)c1OC. The fraction of sp³-hybridized carbons (Fsp3) is 0.381. The van der Waals surface area contributed by atoms with Crippen LogP contribution in [0.5, 0.6) is 17.2 Å². The van der Waals surface area contributed by atoms with Gasteiger partial charge in [-0.3, -0.25) is 4.79 Å². The van der Waals surface area contributed by atoms with Gasteiger partial charge in [0.25, 0.3) is 5.91 Å². The molecule has 2 aromatic rings. The summed E-state index contributed by atoms with van der Waals surface area (Å²) < 4.78 is 16.0. The number of nitrogens with zero attached hydrogens (tertiary/aromatic N) is 1. The van der Waals surface area contributed by atoms with Gasteiger partial charge in [-0.15, -0.1) is 0 Å². The topological polar surface area (TPSA) is 60.0 Å². The second-order valence-electron chi connectivity index (χ2n) is 6.40. The second-order valence-corrected chi connectivity index (χ2v) is 6.40. The third kappa shape index (κ3) is 5.14. The van der Waals surface area contributed by atoms with Gasteiger partial charge in [0.05, 0.1) is 26.9 Å². The summed E-state index contributed by atoms with van der Waals surface area (Å²) in [6, 6.07) is 13.8. The third-order valence-electron chi connectivity index (χ3n) is 4.49. The first-order valence-corrected chi connectivity index (χ1v) is 8.79. The van der Waals surface area contributed by atoms with Gasteiger partial charge in [-0.2, -0.15) is 0 Å². The average molecular weight is 372 g/mol. The maximum Gasteiger partial charge on any atom is 0.255 e. The van der Waals surface area contributed by atoms with E-state index in [1.54, 1.807) is 19.2 Å². The minimum Gasteiger partial charge on any atom is -0.493 e. The summed E-state index contributed by atoms with van der Waals surface area (Å²) in [5.41, 5.74) is 1.64. The molecule has 0 spiro atoms. The fourth-order valence-electron chi connectivity index (χ4n) is 2.91. The molecule has 1 unspecified atom stereocenters. The molecule has 146 valence electrons. The van der Waals surface area contributed by atoms with Crippen LogP contribution in [-0.4, -0.2) is 58.8 Å². The summed E-state index contributed by atoms with van der Waals surface area (Å²) in [4.78, 5) is 14.9. The van der Waals surface area contributed by atoms with E-state index in [0.29, 0.717) is 29.4 Å². The van der Waals surface area contributed by atoms with Gasteiger partial charge in [0.15, 0.2) is 11.5 Å². The predicted molar refractivity (Wildman–Crippen MR) is 106 cm³/mol. The number of likely N-dealkylation sites (N-methyl/N-ethyl adjacent to an activating group) is 1. The van der Waals surface area contributed by atoms with E-state index in [1.165, 1.54) is 19.8 Å². The van der Waals surface area contributed by atoms with Crippen LogP contribution >= 0.6 is 0 Å². The smallest absolute Gasteiger partial charge is 0.255 e. The molecule has 0 bridgehead atoms. The van der Waals surface area contributed by atoms with Crippen LogP contribution in [0.25, 0.3) is 0 Å². The first-order chi connectivity index (χ1) is 13.0. The fourth-order valence-corrected chi connectivity index (χ4v) is 2.91. The van der Waals surface area contributed by atoms with Crippen molar-refractivity contribution in [2.75, 3.05) is 42.0 Å². The van der Waals surface area contributed by atoms with Crippen molar-refractivity contribution in [3.05, 3.63) is 53.6 Å². The molecule has 0 saturated carbocycles. The maximum atomic E-state index is 12.8. The highest BCUT2D eigenvalue weighted by Crippen LogP contribution is 2.39. The largest absolute Gasteiger partial charge is 0.493 e. The van der Waals surface area contributed by atoms with E-state index < -0.39 is 0 Å². The first-order valence-electron chi connectivity index (χ1n) is 8.79. The van der Waals surface area contributed by atoms with Gasteiger partial charge in [-0.05, 0) is 38.2 Å². The number of benzene rings is 2. The molecule has 0 saturated heterocycles. The van der Waals surface area contributed by atoms with Crippen molar-refractivity contribution >= 4 is 5.91 Å². The number of methoxy groups -OCH3 is 3. The lowest BCUT2D eigenvalue weighted by atomic mass is 10.0. The molecule has 0 heterocycles. The van der Waals surface area contributed by atoms with E-state index in [0.717, 1.165) is 6.42 Å². The summed E-state index contributed by atoms with van der Waals surface area (Å²) in [5, 5.41) is 3.01. The van der Waals surface area contributed by atoms with Crippen molar-refractivity contribution in [1.82, 2.24) is 10.2 Å². The minimum absolute atomic E-state index is 0.169. The highest BCUT2D eigenvalue weighted by Gasteiger charge is 2.21. The Morgan fingerprint density at radius 1 is 0.963 bits per heavy atom. The number of carbonyl (C=O) groups is 1. The van der Waals surface area contributed by atoms with Gasteiger partial charge in [0, 0.05) is 12.6 Å². The quantitative estimate of drug-likeness (QED) is 0.733. The summed E-state index contributed by atoms with van der Waals surface area (Å²) in [5.74, 6) is 1.06. The van der Waals surface area contributed by atoms with Gasteiger partial charge in [-0.25, -0.2) is 0 Å². The molecule has 27 heavy (non-hydrogen) atoms. The lowest BCUT2D eigenvalue weighted by Gasteiger charge is -2.25. The molecule has 2 aromatic carbocycles. The van der Waals surface area contributed by atoms with E-state index in [9.17, 15) is 4.79 Å². The van der Waals surface area contributed by atoms with Gasteiger partial charge >= 0.3 is 0 Å². The van der Waals surface area contributed by atoms with E-state index in [-0.39, 0.29) is 11.9 Å². The summed E-state index contributed by atoms with van der Waals surface area (Å²) >= 11 is 0. The lowest BCUT2D eigenvalue weighted by Crippen LogP contribution is -2.41. The Labute approximate surface area is 161 Å². The van der Waals surface area contributed by atoms with Crippen LogP contribution in [0.3, 0.4) is 0 Å². The van der Waals surface area contributed by atoms with E-state index in [2.05, 4.69) is 22.3 Å². The van der Waals surface area contributed by atoms with Crippen LogP contribution in [0.1, 0.15) is 15.9 Å². The van der Waals surface area contributed by atoms with Gasteiger partial charge in [0.2, 0.25) is 5.75 Å². The summed E-state index contributed by atoms with van der Waals surface area (Å²) in [7, 11) is 8.59. The zero-order valence-electron chi connectivity index (χ0n) is 16.6. The summed E-state index contributed by atoms with van der Waals surface area (Å²) in [6.45, 7) is 0.512. The predicted octanol–water partition coefficient (Wildman–Crippen LogP) is 2.62. The van der Waals surface area contributed by atoms with Gasteiger partial charge in [-0.1, -0.05) is 30.3 Å². The molecule has 0 aliphatic carbocycles. The van der Waals surface area contributed by atoms with Crippen LogP contribution < -0.4 is 19.5 Å². The molecule has 6 nitrogen and oxygen atoms in total. The van der Waals surface area contributed by atoms with Crippen LogP contribution in [0.15, 0.2) is 42.5 Å². The highest BCUT2D eigenvalue weighted by molar-refractivity contribution is 5.98. The Balaban J connectivity index is 2.13. The monoisotopic (exact) mass is 372 g/mol. The van der Waals surface area contributed by atoms with Crippen molar-refractivity contribution in [1.29, 1.82) is 0 Å². The molecular weight excluding hydrogens is 344 g/mol. The first kappa shape index (κ1) is 20.6. The second kappa shape index (κ2) is 9.83. The van der Waals surface area contributed by atoms with Crippen LogP contribution in [-0.2, 0) is 6.42 Å². The minimum atomic E-state index is -0.215. The molecule has 0 aromatic heterocycles. The van der Waals surface area contributed by atoms with Crippen LogP contribution in [0.4, 0.5) is 0 Å². The highest BCUT2D eigenvalue weighted by atomic mass is 16.5. The molecular formula is C21H28N2O4. The molecule has 2 rings (SSSR count). The molecule has 6 heteroatoms. The number of rotatable bonds is 9.